The van der Waals surface area contributed by atoms with Crippen molar-refractivity contribution < 1.29 is 4.79 Å². The number of imidazole rings is 1. The van der Waals surface area contributed by atoms with Gasteiger partial charge in [-0.1, -0.05) is 18.9 Å². The summed E-state index contributed by atoms with van der Waals surface area (Å²) >= 11 is 0. The Morgan fingerprint density at radius 2 is 2.32 bits per heavy atom. The molecule has 2 unspecified atom stereocenters. The quantitative estimate of drug-likeness (QED) is 0.915. The number of anilines is 1. The van der Waals surface area contributed by atoms with Crippen LogP contribution in [0.4, 0.5) is 5.69 Å². The topological polar surface area (TPSA) is 72.9 Å². The van der Waals surface area contributed by atoms with E-state index in [9.17, 15) is 4.79 Å². The molecule has 116 valence electrons. The molecule has 0 radical (unpaired) electrons. The van der Waals surface area contributed by atoms with Crippen molar-refractivity contribution in [2.45, 2.75) is 38.1 Å². The highest BCUT2D eigenvalue weighted by atomic mass is 16.1. The fourth-order valence-corrected chi connectivity index (χ4v) is 3.17. The molecule has 1 saturated carbocycles. The molecule has 0 saturated heterocycles. The van der Waals surface area contributed by atoms with E-state index in [1.807, 2.05) is 42.0 Å². The number of carbonyl (C=O) groups is 1. The second kappa shape index (κ2) is 5.93. The molecule has 22 heavy (non-hydrogen) atoms. The summed E-state index contributed by atoms with van der Waals surface area (Å²) in [5.74, 6) is -0.106. The van der Waals surface area contributed by atoms with Crippen molar-refractivity contribution >= 4 is 11.6 Å². The Balaban J connectivity index is 1.75. The van der Waals surface area contributed by atoms with E-state index in [1.165, 1.54) is 0 Å². The lowest BCUT2D eigenvalue weighted by molar-refractivity contribution is -0.122. The van der Waals surface area contributed by atoms with Crippen LogP contribution in [-0.4, -0.2) is 21.0 Å². The first kappa shape index (κ1) is 14.8. The average Bonchev–Trinajstić information content (AvgIpc) is 3.01. The Morgan fingerprint density at radius 1 is 1.45 bits per heavy atom. The van der Waals surface area contributed by atoms with Crippen LogP contribution in [-0.2, 0) is 4.79 Å². The minimum absolute atomic E-state index is 0.0208. The van der Waals surface area contributed by atoms with Gasteiger partial charge in [-0.05, 0) is 38.0 Å². The van der Waals surface area contributed by atoms with E-state index in [2.05, 4.69) is 10.3 Å². The molecule has 1 aliphatic rings. The summed E-state index contributed by atoms with van der Waals surface area (Å²) in [5.41, 5.74) is 7.65. The Hall–Kier alpha value is -2.14. The van der Waals surface area contributed by atoms with Crippen LogP contribution < -0.4 is 11.1 Å². The molecule has 1 aliphatic carbocycles. The number of rotatable bonds is 3. The van der Waals surface area contributed by atoms with Crippen LogP contribution in [0.3, 0.4) is 0 Å². The summed E-state index contributed by atoms with van der Waals surface area (Å²) in [6, 6.07) is 7.74. The van der Waals surface area contributed by atoms with Gasteiger partial charge in [0.1, 0.15) is 0 Å². The molecule has 5 nitrogen and oxygen atoms in total. The van der Waals surface area contributed by atoms with Crippen LogP contribution in [0.2, 0.25) is 0 Å². The monoisotopic (exact) mass is 298 g/mol. The summed E-state index contributed by atoms with van der Waals surface area (Å²) in [6.07, 6.45) is 9.28. The Labute approximate surface area is 130 Å². The lowest BCUT2D eigenvalue weighted by atomic mass is 9.74. The van der Waals surface area contributed by atoms with Gasteiger partial charge >= 0.3 is 0 Å². The molecular weight excluding hydrogens is 276 g/mol. The molecule has 0 aliphatic heterocycles. The zero-order valence-electron chi connectivity index (χ0n) is 12.8. The maximum absolute atomic E-state index is 12.6. The van der Waals surface area contributed by atoms with Gasteiger partial charge in [0.25, 0.3) is 0 Å². The number of carbonyl (C=O) groups excluding carboxylic acids is 1. The molecule has 1 heterocycles. The van der Waals surface area contributed by atoms with Gasteiger partial charge in [-0.25, -0.2) is 4.98 Å². The van der Waals surface area contributed by atoms with E-state index < -0.39 is 5.54 Å². The van der Waals surface area contributed by atoms with Gasteiger partial charge in [0.15, 0.2) is 0 Å². The van der Waals surface area contributed by atoms with Gasteiger partial charge < -0.3 is 15.6 Å². The normalized spacial score (nSPS) is 24.9. The minimum atomic E-state index is -0.412. The standard InChI is InChI=1S/C17H22N4O/c1-17(18)8-3-2-7-15(17)16(22)20-13-5-4-6-14(11-13)21-10-9-19-12-21/h4-6,9-12,15H,2-3,7-8,18H2,1H3,(H,20,22). The first-order valence-corrected chi connectivity index (χ1v) is 7.74. The van der Waals surface area contributed by atoms with Gasteiger partial charge in [0.05, 0.1) is 12.2 Å². The fraction of sp³-hybridized carbons (Fsp3) is 0.412. The molecule has 0 spiro atoms. The predicted molar refractivity (Wildman–Crippen MR) is 86.7 cm³/mol. The lowest BCUT2D eigenvalue weighted by Gasteiger charge is -2.37. The van der Waals surface area contributed by atoms with Crippen LogP contribution >= 0.6 is 0 Å². The molecule has 3 N–H and O–H groups in total. The first-order chi connectivity index (χ1) is 10.6. The van der Waals surface area contributed by atoms with E-state index in [0.29, 0.717) is 0 Å². The largest absolute Gasteiger partial charge is 0.326 e. The first-order valence-electron chi connectivity index (χ1n) is 7.74. The van der Waals surface area contributed by atoms with Gasteiger partial charge in [0.2, 0.25) is 5.91 Å². The minimum Gasteiger partial charge on any atom is -0.326 e. The van der Waals surface area contributed by atoms with Crippen molar-refractivity contribution in [2.75, 3.05) is 5.32 Å². The lowest BCUT2D eigenvalue weighted by Crippen LogP contribution is -2.51. The number of nitrogens with two attached hydrogens (primary N) is 1. The highest BCUT2D eigenvalue weighted by molar-refractivity contribution is 5.93. The summed E-state index contributed by atoms with van der Waals surface area (Å²) in [6.45, 7) is 1.98. The van der Waals surface area contributed by atoms with Gasteiger partial charge in [-0.2, -0.15) is 0 Å². The summed E-state index contributed by atoms with van der Waals surface area (Å²) in [4.78, 5) is 16.6. The maximum Gasteiger partial charge on any atom is 0.229 e. The third-order valence-corrected chi connectivity index (χ3v) is 4.49. The molecule has 1 aromatic carbocycles. The molecule has 2 atom stereocenters. The molecule has 1 fully saturated rings. The highest BCUT2D eigenvalue weighted by Gasteiger charge is 2.37. The van der Waals surface area contributed by atoms with Gasteiger partial charge in [-0.15, -0.1) is 0 Å². The Kier molecular flexibility index (Phi) is 3.98. The van der Waals surface area contributed by atoms with E-state index in [4.69, 9.17) is 5.73 Å². The predicted octanol–water partition coefficient (Wildman–Crippen LogP) is 2.72. The number of aromatic nitrogens is 2. The summed E-state index contributed by atoms with van der Waals surface area (Å²) in [7, 11) is 0. The summed E-state index contributed by atoms with van der Waals surface area (Å²) < 4.78 is 1.91. The van der Waals surface area contributed by atoms with Gasteiger partial charge in [0, 0.05) is 29.3 Å². The Morgan fingerprint density at radius 3 is 3.05 bits per heavy atom. The van der Waals surface area contributed by atoms with Crippen molar-refractivity contribution in [1.29, 1.82) is 0 Å². The highest BCUT2D eigenvalue weighted by Crippen LogP contribution is 2.32. The zero-order chi connectivity index (χ0) is 15.6. The van der Waals surface area contributed by atoms with Crippen LogP contribution in [0.1, 0.15) is 32.6 Å². The van der Waals surface area contributed by atoms with E-state index >= 15 is 0 Å². The third-order valence-electron chi connectivity index (χ3n) is 4.49. The zero-order valence-corrected chi connectivity index (χ0v) is 12.8. The average molecular weight is 298 g/mol. The van der Waals surface area contributed by atoms with Crippen molar-refractivity contribution in [3.63, 3.8) is 0 Å². The van der Waals surface area contributed by atoms with Crippen molar-refractivity contribution in [2.24, 2.45) is 11.7 Å². The van der Waals surface area contributed by atoms with E-state index in [1.54, 1.807) is 12.5 Å². The van der Waals surface area contributed by atoms with E-state index in [0.717, 1.165) is 37.1 Å². The molecule has 0 bridgehead atoms. The van der Waals surface area contributed by atoms with Crippen molar-refractivity contribution in [1.82, 2.24) is 9.55 Å². The van der Waals surface area contributed by atoms with Crippen molar-refractivity contribution in [3.05, 3.63) is 43.0 Å². The molecule has 1 amide bonds. The second-order valence-corrected chi connectivity index (χ2v) is 6.31. The SMILES string of the molecule is CC1(N)CCCCC1C(=O)Nc1cccc(-n2ccnc2)c1. The molecule has 3 rings (SSSR count). The third kappa shape index (κ3) is 3.04. The fourth-order valence-electron chi connectivity index (χ4n) is 3.17. The Bertz CT molecular complexity index is 648. The molecule has 1 aromatic heterocycles. The number of hydrogen-bond acceptors (Lipinski definition) is 3. The number of benzene rings is 1. The van der Waals surface area contributed by atoms with Crippen LogP contribution in [0.5, 0.6) is 0 Å². The maximum atomic E-state index is 12.6. The number of nitrogens with one attached hydrogen (secondary N) is 1. The van der Waals surface area contributed by atoms with Crippen LogP contribution in [0, 0.1) is 5.92 Å². The van der Waals surface area contributed by atoms with E-state index in [-0.39, 0.29) is 11.8 Å². The van der Waals surface area contributed by atoms with Gasteiger partial charge in [-0.3, -0.25) is 4.79 Å². The molecule has 2 aromatic rings. The second-order valence-electron chi connectivity index (χ2n) is 6.31. The van der Waals surface area contributed by atoms with Crippen molar-refractivity contribution in [3.8, 4) is 5.69 Å². The number of amides is 1. The smallest absolute Gasteiger partial charge is 0.229 e. The van der Waals surface area contributed by atoms with Crippen LogP contribution in [0.25, 0.3) is 5.69 Å². The molecular formula is C17H22N4O. The number of hydrogen-bond donors (Lipinski definition) is 2. The summed E-state index contributed by atoms with van der Waals surface area (Å²) in [5, 5.41) is 3.02. The molecule has 5 heteroatoms. The number of nitrogens with zero attached hydrogens (tertiary/aromatic N) is 2. The van der Waals surface area contributed by atoms with Crippen LogP contribution in [0.15, 0.2) is 43.0 Å².